The van der Waals surface area contributed by atoms with E-state index in [1.165, 1.54) is 60.8 Å². The minimum Gasteiger partial charge on any atom is -0.456 e. The van der Waals surface area contributed by atoms with Crippen LogP contribution in [0, 0.1) is 0 Å². The minimum absolute atomic E-state index is 0.888. The first kappa shape index (κ1) is 43.8. The number of anilines is 3. The van der Waals surface area contributed by atoms with Gasteiger partial charge >= 0.3 is 0 Å². The fraction of sp³-hybridized carbons (Fsp3) is 0. The maximum absolute atomic E-state index is 6.41. The summed E-state index contributed by atoms with van der Waals surface area (Å²) in [5.74, 6) is 0. The summed E-state index contributed by atoms with van der Waals surface area (Å²) < 4.78 is 8.79. The van der Waals surface area contributed by atoms with Gasteiger partial charge in [-0.2, -0.15) is 0 Å². The highest BCUT2D eigenvalue weighted by molar-refractivity contribution is 6.11. The quantitative estimate of drug-likeness (QED) is 0.136. The van der Waals surface area contributed by atoms with Crippen molar-refractivity contribution in [3.8, 4) is 72.4 Å². The third-order valence-electron chi connectivity index (χ3n) is 14.8. The van der Waals surface area contributed by atoms with E-state index in [1.807, 2.05) is 12.1 Å². The molecule has 0 atom stereocenters. The Morgan fingerprint density at radius 2 is 0.653 bits per heavy atom. The monoisotopic (exact) mass is 956 g/mol. The second-order valence-corrected chi connectivity index (χ2v) is 19.3. The van der Waals surface area contributed by atoms with Crippen LogP contribution in [0.1, 0.15) is 0 Å². The van der Waals surface area contributed by atoms with Crippen molar-refractivity contribution in [2.45, 2.75) is 0 Å². The molecule has 14 rings (SSSR count). The molecular formula is C72H48N2O. The molecule has 0 fully saturated rings. The molecule has 0 radical (unpaired) electrons. The van der Waals surface area contributed by atoms with Crippen LogP contribution in [-0.4, -0.2) is 4.57 Å². The molecule has 0 aliphatic carbocycles. The Bertz CT molecular complexity index is 4360. The predicted octanol–water partition coefficient (Wildman–Crippen LogP) is 20.2. The van der Waals surface area contributed by atoms with E-state index in [0.717, 1.165) is 72.5 Å². The number of benzene rings is 12. The smallest absolute Gasteiger partial charge is 0.136 e. The van der Waals surface area contributed by atoms with Crippen LogP contribution in [0.3, 0.4) is 0 Å². The number of hydrogen-bond donors (Lipinski definition) is 0. The van der Waals surface area contributed by atoms with Crippen molar-refractivity contribution in [3.05, 3.63) is 291 Å². The summed E-state index contributed by atoms with van der Waals surface area (Å²) in [7, 11) is 0. The van der Waals surface area contributed by atoms with Crippen LogP contribution in [0.25, 0.3) is 116 Å². The Balaban J connectivity index is 0.786. The Hall–Kier alpha value is -9.96. The first-order chi connectivity index (χ1) is 37.1. The predicted molar refractivity (Wildman–Crippen MR) is 315 cm³/mol. The molecule has 0 N–H and O–H groups in total. The zero-order chi connectivity index (χ0) is 49.7. The van der Waals surface area contributed by atoms with Crippen LogP contribution in [0.15, 0.2) is 296 Å². The maximum atomic E-state index is 6.41. The van der Waals surface area contributed by atoms with Crippen molar-refractivity contribution in [2.24, 2.45) is 0 Å². The van der Waals surface area contributed by atoms with Gasteiger partial charge in [0.1, 0.15) is 11.2 Å². The van der Waals surface area contributed by atoms with E-state index in [2.05, 4.69) is 289 Å². The highest BCUT2D eigenvalue weighted by atomic mass is 16.3. The zero-order valence-electron chi connectivity index (χ0n) is 41.0. The third kappa shape index (κ3) is 8.14. The summed E-state index contributed by atoms with van der Waals surface area (Å²) >= 11 is 0. The Kier molecular flexibility index (Phi) is 10.8. The number of furan rings is 1. The van der Waals surface area contributed by atoms with E-state index in [4.69, 9.17) is 4.42 Å². The summed E-state index contributed by atoms with van der Waals surface area (Å²) in [5.41, 5.74) is 22.6. The molecule has 0 unspecified atom stereocenters. The number of nitrogens with zero attached hydrogens (tertiary/aromatic N) is 2. The fourth-order valence-electron chi connectivity index (χ4n) is 11.0. The molecule has 0 amide bonds. The fourth-order valence-corrected chi connectivity index (χ4v) is 11.0. The molecule has 0 saturated carbocycles. The van der Waals surface area contributed by atoms with Gasteiger partial charge in [-0.05, 0) is 170 Å². The lowest BCUT2D eigenvalue weighted by molar-refractivity contribution is 0.669. The van der Waals surface area contributed by atoms with Crippen LogP contribution in [0.4, 0.5) is 17.1 Å². The minimum atomic E-state index is 0.888. The van der Waals surface area contributed by atoms with Gasteiger partial charge in [0.25, 0.3) is 0 Å². The topological polar surface area (TPSA) is 21.3 Å². The normalized spacial score (nSPS) is 11.5. The highest BCUT2D eigenvalue weighted by Gasteiger charge is 2.17. The van der Waals surface area contributed by atoms with Gasteiger partial charge in [0.2, 0.25) is 0 Å². The number of aromatic nitrogens is 1. The van der Waals surface area contributed by atoms with Gasteiger partial charge in [0, 0.05) is 44.3 Å². The summed E-state index contributed by atoms with van der Waals surface area (Å²) in [4.78, 5) is 2.33. The molecule has 75 heavy (non-hydrogen) atoms. The van der Waals surface area contributed by atoms with Crippen molar-refractivity contribution in [1.82, 2.24) is 4.57 Å². The van der Waals surface area contributed by atoms with Crippen molar-refractivity contribution < 1.29 is 4.42 Å². The summed E-state index contributed by atoms with van der Waals surface area (Å²) in [6.07, 6.45) is 0. The standard InChI is InChI=1S/C72H48N2O/c1-4-15-49(16-5-1)55-17-14-22-64(46-55)73(61-18-6-2-7-19-61)63-39-35-53(36-40-63)52-29-27-50(28-30-52)51-31-33-54(34-32-51)58-43-59(45-60(44-58)57-37-41-67-66-24-11-13-26-71(66)75-72(67)48-57)56-38-42-70-68(47-56)65-23-10-12-25-69(65)74(70)62-20-8-3-9-21-62/h1-48H. The second kappa shape index (κ2) is 18.6. The second-order valence-electron chi connectivity index (χ2n) is 19.3. The third-order valence-corrected chi connectivity index (χ3v) is 14.8. The van der Waals surface area contributed by atoms with Gasteiger partial charge < -0.3 is 13.9 Å². The van der Waals surface area contributed by atoms with Crippen LogP contribution in [-0.2, 0) is 0 Å². The van der Waals surface area contributed by atoms with E-state index < -0.39 is 0 Å². The lowest BCUT2D eigenvalue weighted by Crippen LogP contribution is -2.09. The lowest BCUT2D eigenvalue weighted by atomic mass is 9.92. The number of hydrogen-bond acceptors (Lipinski definition) is 2. The van der Waals surface area contributed by atoms with Gasteiger partial charge in [-0.15, -0.1) is 0 Å². The van der Waals surface area contributed by atoms with E-state index in [1.54, 1.807) is 0 Å². The summed E-state index contributed by atoms with van der Waals surface area (Å²) in [5, 5.41) is 4.72. The van der Waals surface area contributed by atoms with E-state index in [0.29, 0.717) is 0 Å². The first-order valence-corrected chi connectivity index (χ1v) is 25.6. The molecule has 0 aliphatic rings. The van der Waals surface area contributed by atoms with Crippen LogP contribution in [0.5, 0.6) is 0 Å². The summed E-state index contributed by atoms with van der Waals surface area (Å²) in [6, 6.07) is 105. The molecule has 0 aliphatic heterocycles. The Morgan fingerprint density at radius 3 is 1.33 bits per heavy atom. The molecule has 2 aromatic heterocycles. The Morgan fingerprint density at radius 1 is 0.227 bits per heavy atom. The molecule has 2 heterocycles. The molecule has 352 valence electrons. The van der Waals surface area contributed by atoms with Crippen LogP contribution < -0.4 is 4.90 Å². The Labute approximate surface area is 436 Å². The largest absolute Gasteiger partial charge is 0.456 e. The van der Waals surface area contributed by atoms with Gasteiger partial charge in [0.15, 0.2) is 0 Å². The maximum Gasteiger partial charge on any atom is 0.136 e. The molecule has 14 aromatic rings. The van der Waals surface area contributed by atoms with Gasteiger partial charge in [-0.1, -0.05) is 188 Å². The molecule has 0 saturated heterocycles. The molecule has 12 aromatic carbocycles. The molecular weight excluding hydrogens is 909 g/mol. The van der Waals surface area contributed by atoms with Crippen molar-refractivity contribution in [1.29, 1.82) is 0 Å². The van der Waals surface area contributed by atoms with Crippen LogP contribution in [0.2, 0.25) is 0 Å². The lowest BCUT2D eigenvalue weighted by Gasteiger charge is -2.26. The summed E-state index contributed by atoms with van der Waals surface area (Å²) in [6.45, 7) is 0. The number of rotatable bonds is 10. The molecule has 0 spiro atoms. The average molecular weight is 957 g/mol. The number of para-hydroxylation sites is 4. The van der Waals surface area contributed by atoms with Gasteiger partial charge in [-0.3, -0.25) is 0 Å². The molecule has 3 heteroatoms. The molecule has 3 nitrogen and oxygen atoms in total. The zero-order valence-corrected chi connectivity index (χ0v) is 41.0. The van der Waals surface area contributed by atoms with E-state index in [9.17, 15) is 0 Å². The first-order valence-electron chi connectivity index (χ1n) is 25.6. The van der Waals surface area contributed by atoms with Crippen LogP contribution >= 0.6 is 0 Å². The number of fused-ring (bicyclic) bond motifs is 6. The highest BCUT2D eigenvalue weighted by Crippen LogP contribution is 2.41. The van der Waals surface area contributed by atoms with Gasteiger partial charge in [0.05, 0.1) is 11.0 Å². The van der Waals surface area contributed by atoms with Crippen molar-refractivity contribution >= 4 is 60.8 Å². The average Bonchev–Trinajstić information content (AvgIpc) is 4.05. The van der Waals surface area contributed by atoms with E-state index >= 15 is 0 Å². The SMILES string of the molecule is c1ccc(-c2cccc(N(c3ccccc3)c3ccc(-c4ccc(-c5ccc(-c6cc(-c7ccc8c(c7)oc7ccccc78)cc(-c7ccc8c(c7)c7ccccc7n8-c7ccccc7)c6)cc5)cc4)cc3)c2)cc1. The van der Waals surface area contributed by atoms with Gasteiger partial charge in [-0.25, -0.2) is 0 Å². The van der Waals surface area contributed by atoms with Crippen molar-refractivity contribution in [2.75, 3.05) is 4.90 Å². The van der Waals surface area contributed by atoms with Crippen molar-refractivity contribution in [3.63, 3.8) is 0 Å². The van der Waals surface area contributed by atoms with E-state index in [-0.39, 0.29) is 0 Å². The molecule has 0 bridgehead atoms.